The number of pyridine rings is 1. The quantitative estimate of drug-likeness (QED) is 0.850. The van der Waals surface area contributed by atoms with Crippen molar-refractivity contribution in [3.05, 3.63) is 58.9 Å². The summed E-state index contributed by atoms with van der Waals surface area (Å²) in [6.45, 7) is 1.91. The Kier molecular flexibility index (Phi) is 4.45. The molecule has 1 N–H and O–H groups in total. The first-order valence-corrected chi connectivity index (χ1v) is 6.60. The van der Waals surface area contributed by atoms with Crippen molar-refractivity contribution in [3.8, 4) is 0 Å². The van der Waals surface area contributed by atoms with Gasteiger partial charge in [0, 0.05) is 17.3 Å². The topological polar surface area (TPSA) is 42.0 Å². The van der Waals surface area contributed by atoms with Gasteiger partial charge in [-0.25, -0.2) is 0 Å². The molecule has 1 amide bonds. The molecule has 0 spiro atoms. The molecule has 0 aliphatic carbocycles. The van der Waals surface area contributed by atoms with Gasteiger partial charge in [-0.2, -0.15) is 0 Å². The van der Waals surface area contributed by atoms with Gasteiger partial charge in [0.2, 0.25) is 0 Å². The molecule has 1 aromatic heterocycles. The molecule has 0 saturated carbocycles. The summed E-state index contributed by atoms with van der Waals surface area (Å²) in [7, 11) is 0. The Morgan fingerprint density at radius 3 is 2.68 bits per heavy atom. The minimum atomic E-state index is -0.217. The first-order valence-electron chi connectivity index (χ1n) is 5.77. The van der Waals surface area contributed by atoms with E-state index in [2.05, 4.69) is 22.9 Å². The van der Waals surface area contributed by atoms with Gasteiger partial charge in [-0.15, -0.1) is 12.6 Å². The first-order chi connectivity index (χ1) is 9.08. The number of benzene rings is 1. The van der Waals surface area contributed by atoms with E-state index in [1.54, 1.807) is 30.6 Å². The monoisotopic (exact) mass is 292 g/mol. The molecule has 0 aliphatic rings. The van der Waals surface area contributed by atoms with Crippen LogP contribution in [0.4, 0.5) is 0 Å². The second-order valence-electron chi connectivity index (χ2n) is 4.14. The standard InChI is InChI=1S/C14H13ClN2OS/c1-9(10-4-6-16-7-5-10)17-14(18)12-8-11(19)2-3-13(12)15/h2-9,19H,1H3,(H,17,18). The number of aromatic nitrogens is 1. The molecule has 0 saturated heterocycles. The average molecular weight is 293 g/mol. The lowest BCUT2D eigenvalue weighted by Crippen LogP contribution is -2.26. The fourth-order valence-corrected chi connectivity index (χ4v) is 2.10. The van der Waals surface area contributed by atoms with Gasteiger partial charge >= 0.3 is 0 Å². The lowest BCUT2D eigenvalue weighted by Gasteiger charge is -2.14. The lowest BCUT2D eigenvalue weighted by molar-refractivity contribution is 0.0940. The summed E-state index contributed by atoms with van der Waals surface area (Å²) in [5.74, 6) is -0.217. The second-order valence-corrected chi connectivity index (χ2v) is 5.06. The van der Waals surface area contributed by atoms with E-state index in [0.717, 1.165) is 5.56 Å². The maximum absolute atomic E-state index is 12.2. The number of thiol groups is 1. The summed E-state index contributed by atoms with van der Waals surface area (Å²) in [6, 6.07) is 8.67. The third-order valence-corrected chi connectivity index (χ3v) is 3.36. The normalized spacial score (nSPS) is 11.9. The van der Waals surface area contributed by atoms with Crippen molar-refractivity contribution >= 4 is 30.1 Å². The molecule has 2 aromatic rings. The molecule has 1 atom stereocenters. The summed E-state index contributed by atoms with van der Waals surface area (Å²) < 4.78 is 0. The third-order valence-electron chi connectivity index (χ3n) is 2.75. The molecule has 5 heteroatoms. The molecule has 98 valence electrons. The number of halogens is 1. The minimum absolute atomic E-state index is 0.116. The fourth-order valence-electron chi connectivity index (χ4n) is 1.70. The van der Waals surface area contributed by atoms with Gasteiger partial charge < -0.3 is 5.32 Å². The zero-order chi connectivity index (χ0) is 13.8. The van der Waals surface area contributed by atoms with E-state index in [1.165, 1.54) is 0 Å². The number of nitrogens with one attached hydrogen (secondary N) is 1. The maximum atomic E-state index is 12.2. The Balaban J connectivity index is 2.15. The highest BCUT2D eigenvalue weighted by Crippen LogP contribution is 2.20. The van der Waals surface area contributed by atoms with Gasteiger partial charge in [0.1, 0.15) is 0 Å². The molecule has 3 nitrogen and oxygen atoms in total. The molecule has 2 rings (SSSR count). The first kappa shape index (κ1) is 13.9. The Hall–Kier alpha value is -1.52. The summed E-state index contributed by atoms with van der Waals surface area (Å²) in [5, 5.41) is 3.31. The molecule has 1 heterocycles. The lowest BCUT2D eigenvalue weighted by atomic mass is 10.1. The van der Waals surface area contributed by atoms with Crippen LogP contribution in [0.25, 0.3) is 0 Å². The van der Waals surface area contributed by atoms with E-state index in [-0.39, 0.29) is 11.9 Å². The van der Waals surface area contributed by atoms with Crippen LogP contribution >= 0.6 is 24.2 Å². The molecule has 0 bridgehead atoms. The van der Waals surface area contributed by atoms with Crippen LogP contribution in [-0.4, -0.2) is 10.9 Å². The number of hydrogen-bond acceptors (Lipinski definition) is 3. The number of amides is 1. The third kappa shape index (κ3) is 3.49. The number of hydrogen-bond donors (Lipinski definition) is 2. The average Bonchev–Trinajstić information content (AvgIpc) is 2.42. The Bertz CT molecular complexity index is 589. The highest BCUT2D eigenvalue weighted by Gasteiger charge is 2.14. The number of carbonyl (C=O) groups is 1. The molecule has 0 radical (unpaired) electrons. The Labute approximate surface area is 122 Å². The van der Waals surface area contributed by atoms with E-state index >= 15 is 0 Å². The second kappa shape index (κ2) is 6.08. The zero-order valence-corrected chi connectivity index (χ0v) is 11.9. The summed E-state index contributed by atoms with van der Waals surface area (Å²) >= 11 is 10.2. The zero-order valence-electron chi connectivity index (χ0n) is 10.3. The van der Waals surface area contributed by atoms with Crippen molar-refractivity contribution in [2.45, 2.75) is 17.9 Å². The SMILES string of the molecule is CC(NC(=O)c1cc(S)ccc1Cl)c1ccncc1. The van der Waals surface area contributed by atoms with Crippen LogP contribution in [0, 0.1) is 0 Å². The molecule has 1 unspecified atom stereocenters. The van der Waals surface area contributed by atoms with E-state index in [1.807, 2.05) is 19.1 Å². The number of carbonyl (C=O) groups excluding carboxylic acids is 1. The van der Waals surface area contributed by atoms with Crippen molar-refractivity contribution < 1.29 is 4.79 Å². The number of nitrogens with zero attached hydrogens (tertiary/aromatic N) is 1. The Morgan fingerprint density at radius 1 is 1.32 bits per heavy atom. The largest absolute Gasteiger partial charge is 0.345 e. The van der Waals surface area contributed by atoms with E-state index in [4.69, 9.17) is 11.6 Å². The van der Waals surface area contributed by atoms with Crippen LogP contribution in [0.1, 0.15) is 28.9 Å². The highest BCUT2D eigenvalue weighted by atomic mass is 35.5. The molecule has 19 heavy (non-hydrogen) atoms. The van der Waals surface area contributed by atoms with Crippen LogP contribution in [0.2, 0.25) is 5.02 Å². The predicted molar refractivity (Wildman–Crippen MR) is 78.8 cm³/mol. The van der Waals surface area contributed by atoms with Gasteiger partial charge in [-0.3, -0.25) is 9.78 Å². The smallest absolute Gasteiger partial charge is 0.253 e. The van der Waals surface area contributed by atoms with Gasteiger partial charge in [0.05, 0.1) is 16.6 Å². The Morgan fingerprint density at radius 2 is 2.00 bits per heavy atom. The predicted octanol–water partition coefficient (Wildman–Crippen LogP) is 3.51. The van der Waals surface area contributed by atoms with E-state index in [9.17, 15) is 4.79 Å². The van der Waals surface area contributed by atoms with E-state index < -0.39 is 0 Å². The summed E-state index contributed by atoms with van der Waals surface area (Å²) in [6.07, 6.45) is 3.39. The summed E-state index contributed by atoms with van der Waals surface area (Å²) in [4.78, 5) is 16.8. The van der Waals surface area contributed by atoms with Crippen LogP contribution < -0.4 is 5.32 Å². The molecule has 0 fully saturated rings. The van der Waals surface area contributed by atoms with Crippen molar-refractivity contribution in [1.82, 2.24) is 10.3 Å². The van der Waals surface area contributed by atoms with Gasteiger partial charge in [0.25, 0.3) is 5.91 Å². The maximum Gasteiger partial charge on any atom is 0.253 e. The van der Waals surface area contributed by atoms with Crippen molar-refractivity contribution in [3.63, 3.8) is 0 Å². The minimum Gasteiger partial charge on any atom is -0.345 e. The van der Waals surface area contributed by atoms with Crippen molar-refractivity contribution in [1.29, 1.82) is 0 Å². The summed E-state index contributed by atoms with van der Waals surface area (Å²) in [5.41, 5.74) is 1.41. The highest BCUT2D eigenvalue weighted by molar-refractivity contribution is 7.80. The van der Waals surface area contributed by atoms with Crippen LogP contribution in [-0.2, 0) is 0 Å². The van der Waals surface area contributed by atoms with Gasteiger partial charge in [-0.1, -0.05) is 11.6 Å². The van der Waals surface area contributed by atoms with Gasteiger partial charge in [0.15, 0.2) is 0 Å². The van der Waals surface area contributed by atoms with Crippen LogP contribution in [0.5, 0.6) is 0 Å². The molecular formula is C14H13ClN2OS. The molecule has 1 aromatic carbocycles. The van der Waals surface area contributed by atoms with Crippen molar-refractivity contribution in [2.24, 2.45) is 0 Å². The van der Waals surface area contributed by atoms with Crippen LogP contribution in [0.3, 0.4) is 0 Å². The fraction of sp³-hybridized carbons (Fsp3) is 0.143. The van der Waals surface area contributed by atoms with Crippen molar-refractivity contribution in [2.75, 3.05) is 0 Å². The van der Waals surface area contributed by atoms with Gasteiger partial charge in [-0.05, 0) is 42.8 Å². The number of rotatable bonds is 3. The van der Waals surface area contributed by atoms with Crippen LogP contribution in [0.15, 0.2) is 47.6 Å². The van der Waals surface area contributed by atoms with E-state index in [0.29, 0.717) is 15.5 Å². The molecular weight excluding hydrogens is 280 g/mol. The molecule has 0 aliphatic heterocycles.